The fraction of sp³-hybridized carbons (Fsp3) is 0.200. The lowest BCUT2D eigenvalue weighted by Gasteiger charge is -2.01. The highest BCUT2D eigenvalue weighted by atomic mass is 32.2. The first-order chi connectivity index (χ1) is 7.45. The Bertz CT molecular complexity index is 589. The number of nitrogens with one attached hydrogen (secondary N) is 1. The quantitative estimate of drug-likeness (QED) is 0.728. The number of hydrogen-bond acceptors (Lipinski definition) is 5. The standard InChI is InChI=1S/C10H9NO4S/c1-15-10(12)6-2-3-7-8(11)5-16(13,14)9(7)4-6/h2-4,11H,5H2,1H3. The number of methoxy groups -OCH3 is 1. The van der Waals surface area contributed by atoms with Gasteiger partial charge in [0.05, 0.1) is 29.0 Å². The SMILES string of the molecule is COC(=O)c1ccc2c(c1)S(=O)(=O)CC2=N. The third-order valence-corrected chi connectivity index (χ3v) is 4.07. The van der Waals surface area contributed by atoms with Gasteiger partial charge in [-0.15, -0.1) is 0 Å². The topological polar surface area (TPSA) is 84.3 Å². The molecule has 0 amide bonds. The molecule has 1 aromatic carbocycles. The fourth-order valence-corrected chi connectivity index (χ4v) is 3.14. The molecule has 0 atom stereocenters. The van der Waals surface area contributed by atoms with Crippen LogP contribution in [0.15, 0.2) is 23.1 Å². The van der Waals surface area contributed by atoms with Gasteiger partial charge in [-0.1, -0.05) is 6.07 Å². The number of benzene rings is 1. The molecule has 6 heteroatoms. The lowest BCUT2D eigenvalue weighted by molar-refractivity contribution is 0.0600. The third-order valence-electron chi connectivity index (χ3n) is 2.40. The molecule has 1 aliphatic heterocycles. The van der Waals surface area contributed by atoms with Crippen molar-refractivity contribution >= 4 is 21.5 Å². The molecule has 1 heterocycles. The smallest absolute Gasteiger partial charge is 0.337 e. The van der Waals surface area contributed by atoms with E-state index >= 15 is 0 Å². The molecule has 2 rings (SSSR count). The second-order valence-electron chi connectivity index (χ2n) is 3.44. The molecule has 0 aliphatic carbocycles. The van der Waals surface area contributed by atoms with Crippen LogP contribution < -0.4 is 0 Å². The number of carbonyl (C=O) groups excluding carboxylic acids is 1. The van der Waals surface area contributed by atoms with Crippen LogP contribution in [0.5, 0.6) is 0 Å². The zero-order chi connectivity index (χ0) is 11.9. The maximum absolute atomic E-state index is 11.6. The van der Waals surface area contributed by atoms with Gasteiger partial charge in [0.25, 0.3) is 0 Å². The maximum Gasteiger partial charge on any atom is 0.337 e. The lowest BCUT2D eigenvalue weighted by Crippen LogP contribution is -2.04. The summed E-state index contributed by atoms with van der Waals surface area (Å²) >= 11 is 0. The van der Waals surface area contributed by atoms with E-state index in [1.54, 1.807) is 0 Å². The van der Waals surface area contributed by atoms with Crippen molar-refractivity contribution in [1.29, 1.82) is 5.41 Å². The van der Waals surface area contributed by atoms with Gasteiger partial charge in [-0.2, -0.15) is 0 Å². The first-order valence-electron chi connectivity index (χ1n) is 4.48. The minimum absolute atomic E-state index is 0.0420. The number of sulfone groups is 1. The van der Waals surface area contributed by atoms with Crippen LogP contribution in [0.25, 0.3) is 0 Å². The molecule has 0 unspecified atom stereocenters. The molecule has 0 spiro atoms. The highest BCUT2D eigenvalue weighted by Gasteiger charge is 2.31. The van der Waals surface area contributed by atoms with Crippen molar-refractivity contribution in [1.82, 2.24) is 0 Å². The van der Waals surface area contributed by atoms with E-state index in [-0.39, 0.29) is 21.9 Å². The summed E-state index contributed by atoms with van der Waals surface area (Å²) in [5.74, 6) is -0.885. The van der Waals surface area contributed by atoms with Crippen molar-refractivity contribution in [3.63, 3.8) is 0 Å². The van der Waals surface area contributed by atoms with Gasteiger partial charge >= 0.3 is 5.97 Å². The summed E-state index contributed by atoms with van der Waals surface area (Å²) in [6.07, 6.45) is 0. The fourth-order valence-electron chi connectivity index (χ4n) is 1.62. The number of rotatable bonds is 1. The Balaban J connectivity index is 2.64. The van der Waals surface area contributed by atoms with Crippen molar-refractivity contribution in [2.45, 2.75) is 4.90 Å². The normalized spacial score (nSPS) is 16.9. The third kappa shape index (κ3) is 1.51. The largest absolute Gasteiger partial charge is 0.465 e. The predicted molar refractivity (Wildman–Crippen MR) is 56.7 cm³/mol. The number of hydrogen-bond donors (Lipinski definition) is 1. The van der Waals surface area contributed by atoms with Gasteiger partial charge in [0.1, 0.15) is 0 Å². The first kappa shape index (κ1) is 10.8. The van der Waals surface area contributed by atoms with E-state index < -0.39 is 15.8 Å². The Morgan fingerprint density at radius 3 is 2.75 bits per heavy atom. The van der Waals surface area contributed by atoms with Crippen LogP contribution in [0, 0.1) is 5.41 Å². The summed E-state index contributed by atoms with van der Waals surface area (Å²) in [4.78, 5) is 11.3. The minimum Gasteiger partial charge on any atom is -0.465 e. The highest BCUT2D eigenvalue weighted by Crippen LogP contribution is 2.26. The van der Waals surface area contributed by atoms with Crippen LogP contribution in [0.2, 0.25) is 0 Å². The number of esters is 1. The summed E-state index contributed by atoms with van der Waals surface area (Å²) in [5, 5.41) is 7.51. The number of carbonyl (C=O) groups is 1. The van der Waals surface area contributed by atoms with Crippen molar-refractivity contribution < 1.29 is 17.9 Å². The average Bonchev–Trinajstić information content (AvgIpc) is 2.48. The molecule has 1 aliphatic rings. The molecular weight excluding hydrogens is 230 g/mol. The molecule has 0 aromatic heterocycles. The van der Waals surface area contributed by atoms with Gasteiger partial charge < -0.3 is 10.1 Å². The molecule has 5 nitrogen and oxygen atoms in total. The van der Waals surface area contributed by atoms with Gasteiger partial charge in [0, 0.05) is 5.56 Å². The Hall–Kier alpha value is -1.69. The molecule has 0 saturated carbocycles. The average molecular weight is 239 g/mol. The Morgan fingerprint density at radius 1 is 1.44 bits per heavy atom. The van der Waals surface area contributed by atoms with E-state index in [0.717, 1.165) is 0 Å². The second-order valence-corrected chi connectivity index (χ2v) is 5.40. The van der Waals surface area contributed by atoms with E-state index in [0.29, 0.717) is 5.56 Å². The van der Waals surface area contributed by atoms with Crippen molar-refractivity contribution in [3.8, 4) is 0 Å². The van der Waals surface area contributed by atoms with Crippen LogP contribution in [0.3, 0.4) is 0 Å². The summed E-state index contributed by atoms with van der Waals surface area (Å²) in [7, 11) is -2.22. The van der Waals surface area contributed by atoms with Crippen LogP contribution in [-0.4, -0.2) is 33.0 Å². The summed E-state index contributed by atoms with van der Waals surface area (Å²) in [6.45, 7) is 0. The molecule has 1 aromatic rings. The number of ether oxygens (including phenoxy) is 1. The van der Waals surface area contributed by atoms with E-state index in [9.17, 15) is 13.2 Å². The number of fused-ring (bicyclic) bond motifs is 1. The van der Waals surface area contributed by atoms with Crippen LogP contribution in [-0.2, 0) is 14.6 Å². The zero-order valence-corrected chi connectivity index (χ0v) is 9.30. The van der Waals surface area contributed by atoms with E-state index in [4.69, 9.17) is 5.41 Å². The van der Waals surface area contributed by atoms with Gasteiger partial charge in [-0.25, -0.2) is 13.2 Å². The van der Waals surface area contributed by atoms with Crippen LogP contribution in [0.4, 0.5) is 0 Å². The van der Waals surface area contributed by atoms with Crippen molar-refractivity contribution in [3.05, 3.63) is 29.3 Å². The van der Waals surface area contributed by atoms with Gasteiger partial charge in [-0.3, -0.25) is 0 Å². The van der Waals surface area contributed by atoms with Crippen molar-refractivity contribution in [2.24, 2.45) is 0 Å². The lowest BCUT2D eigenvalue weighted by atomic mass is 10.1. The maximum atomic E-state index is 11.6. The van der Waals surface area contributed by atoms with Gasteiger partial charge in [-0.05, 0) is 12.1 Å². The van der Waals surface area contributed by atoms with Crippen LogP contribution >= 0.6 is 0 Å². The molecule has 0 saturated heterocycles. The van der Waals surface area contributed by atoms with E-state index in [1.807, 2.05) is 0 Å². The first-order valence-corrected chi connectivity index (χ1v) is 6.14. The molecule has 0 radical (unpaired) electrons. The summed E-state index contributed by atoms with van der Waals surface area (Å²) in [5.41, 5.74) is 0.610. The molecule has 16 heavy (non-hydrogen) atoms. The van der Waals surface area contributed by atoms with Crippen molar-refractivity contribution in [2.75, 3.05) is 12.9 Å². The van der Waals surface area contributed by atoms with Crippen LogP contribution in [0.1, 0.15) is 15.9 Å². The van der Waals surface area contributed by atoms with E-state index in [2.05, 4.69) is 4.74 Å². The minimum atomic E-state index is -3.45. The highest BCUT2D eigenvalue weighted by molar-refractivity contribution is 7.92. The van der Waals surface area contributed by atoms with Gasteiger partial charge in [0.15, 0.2) is 9.84 Å². The Morgan fingerprint density at radius 2 is 2.12 bits per heavy atom. The molecular formula is C10H9NO4S. The zero-order valence-electron chi connectivity index (χ0n) is 8.48. The molecule has 0 fully saturated rings. The van der Waals surface area contributed by atoms with Gasteiger partial charge in [0.2, 0.25) is 0 Å². The molecule has 84 valence electrons. The summed E-state index contributed by atoms with van der Waals surface area (Å²) < 4.78 is 27.8. The van der Waals surface area contributed by atoms with E-state index in [1.165, 1.54) is 25.3 Å². The predicted octanol–water partition coefficient (Wildman–Crippen LogP) is 0.628. The monoisotopic (exact) mass is 239 g/mol. The second kappa shape index (κ2) is 3.41. The Labute approximate surface area is 92.5 Å². The molecule has 1 N–H and O–H groups in total. The molecule has 0 bridgehead atoms. The Kier molecular flexibility index (Phi) is 2.31. The summed E-state index contributed by atoms with van der Waals surface area (Å²) in [6, 6.07) is 4.19.